The topological polar surface area (TPSA) is 46.3 Å². The van der Waals surface area contributed by atoms with Crippen LogP contribution in [-0.2, 0) is 0 Å². The van der Waals surface area contributed by atoms with Crippen molar-refractivity contribution in [1.82, 2.24) is 4.90 Å². The van der Waals surface area contributed by atoms with Crippen LogP contribution in [0.4, 0.5) is 4.39 Å². The maximum absolute atomic E-state index is 13.5. The summed E-state index contributed by atoms with van der Waals surface area (Å²) in [6, 6.07) is 6.42. The lowest BCUT2D eigenvalue weighted by atomic mass is 10.1. The molecule has 0 unspecified atom stereocenters. The molecule has 0 aliphatic heterocycles. The van der Waals surface area contributed by atoms with Crippen molar-refractivity contribution in [3.05, 3.63) is 35.6 Å². The van der Waals surface area contributed by atoms with Crippen LogP contribution in [0, 0.1) is 5.82 Å². The lowest BCUT2D eigenvalue weighted by molar-refractivity contribution is 0.0737. The normalized spacial score (nSPS) is 14.7. The lowest BCUT2D eigenvalue weighted by Gasteiger charge is -2.22. The predicted molar refractivity (Wildman–Crippen MR) is 64.1 cm³/mol. The summed E-state index contributed by atoms with van der Waals surface area (Å²) < 4.78 is 13.5. The Morgan fingerprint density at radius 3 is 2.71 bits per heavy atom. The minimum Gasteiger partial charge on any atom is -0.336 e. The molecule has 1 aliphatic rings. The van der Waals surface area contributed by atoms with Crippen LogP contribution in [0.5, 0.6) is 0 Å². The molecule has 0 bridgehead atoms. The number of benzene rings is 1. The van der Waals surface area contributed by atoms with E-state index in [4.69, 9.17) is 5.73 Å². The molecule has 0 spiro atoms. The van der Waals surface area contributed by atoms with Crippen LogP contribution in [0.25, 0.3) is 0 Å². The molecule has 0 atom stereocenters. The first kappa shape index (κ1) is 12.0. The zero-order chi connectivity index (χ0) is 12.3. The Morgan fingerprint density at radius 2 is 2.12 bits per heavy atom. The molecular formula is C13H17FN2O. The van der Waals surface area contributed by atoms with E-state index in [1.807, 2.05) is 0 Å². The van der Waals surface area contributed by atoms with Crippen LogP contribution in [0.3, 0.4) is 0 Å². The second-order valence-corrected chi connectivity index (χ2v) is 4.35. The van der Waals surface area contributed by atoms with Crippen LogP contribution in [0.15, 0.2) is 24.3 Å². The van der Waals surface area contributed by atoms with Gasteiger partial charge in [-0.25, -0.2) is 4.39 Å². The van der Waals surface area contributed by atoms with Crippen molar-refractivity contribution in [1.29, 1.82) is 0 Å². The third kappa shape index (κ3) is 2.82. The summed E-state index contributed by atoms with van der Waals surface area (Å²) in [6.45, 7) is 1.17. The van der Waals surface area contributed by atoms with E-state index in [1.165, 1.54) is 12.1 Å². The van der Waals surface area contributed by atoms with Crippen molar-refractivity contribution in [3.8, 4) is 0 Å². The summed E-state index contributed by atoms with van der Waals surface area (Å²) in [5.74, 6) is -0.657. The molecule has 1 aliphatic carbocycles. The van der Waals surface area contributed by atoms with E-state index >= 15 is 0 Å². The Balaban J connectivity index is 2.13. The Kier molecular flexibility index (Phi) is 3.74. The van der Waals surface area contributed by atoms with Gasteiger partial charge in [-0.3, -0.25) is 4.79 Å². The summed E-state index contributed by atoms with van der Waals surface area (Å²) in [6.07, 6.45) is 2.80. The smallest absolute Gasteiger partial charge is 0.257 e. The van der Waals surface area contributed by atoms with E-state index in [1.54, 1.807) is 17.0 Å². The molecule has 4 heteroatoms. The van der Waals surface area contributed by atoms with E-state index in [9.17, 15) is 9.18 Å². The molecule has 0 heterocycles. The number of hydrogen-bond donors (Lipinski definition) is 1. The van der Waals surface area contributed by atoms with Gasteiger partial charge in [-0.05, 0) is 37.9 Å². The molecule has 1 aromatic carbocycles. The average molecular weight is 236 g/mol. The standard InChI is InChI=1S/C13H17FN2O/c14-12-5-2-1-4-11(12)13(17)16(9-3-8-15)10-6-7-10/h1-2,4-5,10H,3,6-9,15H2. The summed E-state index contributed by atoms with van der Waals surface area (Å²) in [5.41, 5.74) is 5.62. The van der Waals surface area contributed by atoms with E-state index in [0.717, 1.165) is 19.3 Å². The van der Waals surface area contributed by atoms with E-state index in [0.29, 0.717) is 13.1 Å². The van der Waals surface area contributed by atoms with Gasteiger partial charge < -0.3 is 10.6 Å². The van der Waals surface area contributed by atoms with E-state index < -0.39 is 5.82 Å². The van der Waals surface area contributed by atoms with Crippen molar-refractivity contribution < 1.29 is 9.18 Å². The fourth-order valence-electron chi connectivity index (χ4n) is 1.89. The van der Waals surface area contributed by atoms with Gasteiger partial charge in [-0.2, -0.15) is 0 Å². The maximum Gasteiger partial charge on any atom is 0.257 e. The minimum atomic E-state index is -0.448. The highest BCUT2D eigenvalue weighted by atomic mass is 19.1. The Hall–Kier alpha value is -1.42. The molecule has 1 fully saturated rings. The molecule has 3 nitrogen and oxygen atoms in total. The van der Waals surface area contributed by atoms with Crippen LogP contribution in [0.2, 0.25) is 0 Å². The first-order valence-corrected chi connectivity index (χ1v) is 5.99. The zero-order valence-corrected chi connectivity index (χ0v) is 9.73. The van der Waals surface area contributed by atoms with Crippen molar-refractivity contribution in [2.75, 3.05) is 13.1 Å². The van der Waals surface area contributed by atoms with E-state index in [-0.39, 0.29) is 17.5 Å². The molecule has 1 aromatic rings. The number of rotatable bonds is 5. The second-order valence-electron chi connectivity index (χ2n) is 4.35. The summed E-state index contributed by atoms with van der Waals surface area (Å²) in [4.78, 5) is 14.0. The molecule has 2 rings (SSSR count). The van der Waals surface area contributed by atoms with Crippen LogP contribution >= 0.6 is 0 Å². The summed E-state index contributed by atoms with van der Waals surface area (Å²) in [5, 5.41) is 0. The molecule has 17 heavy (non-hydrogen) atoms. The Morgan fingerprint density at radius 1 is 1.41 bits per heavy atom. The van der Waals surface area contributed by atoms with Crippen molar-refractivity contribution in [2.24, 2.45) is 5.73 Å². The monoisotopic (exact) mass is 236 g/mol. The minimum absolute atomic E-state index is 0.163. The number of nitrogens with two attached hydrogens (primary N) is 1. The highest BCUT2D eigenvalue weighted by Gasteiger charge is 2.33. The molecule has 0 radical (unpaired) electrons. The fourth-order valence-corrected chi connectivity index (χ4v) is 1.89. The highest BCUT2D eigenvalue weighted by molar-refractivity contribution is 5.94. The van der Waals surface area contributed by atoms with Gasteiger partial charge in [-0.1, -0.05) is 12.1 Å². The number of halogens is 1. The summed E-state index contributed by atoms with van der Waals surface area (Å²) in [7, 11) is 0. The van der Waals surface area contributed by atoms with Crippen molar-refractivity contribution in [3.63, 3.8) is 0 Å². The SMILES string of the molecule is NCCCN(C(=O)c1ccccc1F)C1CC1. The van der Waals surface area contributed by atoms with Crippen LogP contribution in [-0.4, -0.2) is 29.9 Å². The van der Waals surface area contributed by atoms with Gasteiger partial charge >= 0.3 is 0 Å². The fraction of sp³-hybridized carbons (Fsp3) is 0.462. The molecule has 2 N–H and O–H groups in total. The van der Waals surface area contributed by atoms with Gasteiger partial charge in [0.05, 0.1) is 5.56 Å². The van der Waals surface area contributed by atoms with Crippen molar-refractivity contribution in [2.45, 2.75) is 25.3 Å². The molecule has 1 amide bonds. The number of carbonyl (C=O) groups excluding carboxylic acids is 1. The first-order chi connectivity index (χ1) is 8.24. The van der Waals surface area contributed by atoms with Gasteiger partial charge in [0.15, 0.2) is 0 Å². The van der Waals surface area contributed by atoms with Crippen LogP contribution in [0.1, 0.15) is 29.6 Å². The Bertz CT molecular complexity index is 404. The third-order valence-electron chi connectivity index (χ3n) is 2.96. The quantitative estimate of drug-likeness (QED) is 0.847. The molecule has 0 saturated heterocycles. The molecule has 92 valence electrons. The largest absolute Gasteiger partial charge is 0.336 e. The molecular weight excluding hydrogens is 219 g/mol. The Labute approximate surface area is 100 Å². The number of nitrogens with zero attached hydrogens (tertiary/aromatic N) is 1. The molecule has 1 saturated carbocycles. The molecule has 0 aromatic heterocycles. The number of hydrogen-bond acceptors (Lipinski definition) is 2. The predicted octanol–water partition coefficient (Wildman–Crippen LogP) is 1.78. The zero-order valence-electron chi connectivity index (χ0n) is 9.73. The lowest BCUT2D eigenvalue weighted by Crippen LogP contribution is -2.35. The van der Waals surface area contributed by atoms with Gasteiger partial charge in [0.2, 0.25) is 0 Å². The second kappa shape index (κ2) is 5.27. The average Bonchev–Trinajstić information content (AvgIpc) is 3.14. The highest BCUT2D eigenvalue weighted by Crippen LogP contribution is 2.28. The van der Waals surface area contributed by atoms with E-state index in [2.05, 4.69) is 0 Å². The van der Waals surface area contributed by atoms with Gasteiger partial charge in [0, 0.05) is 12.6 Å². The number of amides is 1. The number of carbonyl (C=O) groups is 1. The summed E-state index contributed by atoms with van der Waals surface area (Å²) >= 11 is 0. The third-order valence-corrected chi connectivity index (χ3v) is 2.96. The van der Waals surface area contributed by atoms with Gasteiger partial charge in [0.1, 0.15) is 5.82 Å². The van der Waals surface area contributed by atoms with Gasteiger partial charge in [-0.15, -0.1) is 0 Å². The van der Waals surface area contributed by atoms with Gasteiger partial charge in [0.25, 0.3) is 5.91 Å². The van der Waals surface area contributed by atoms with Crippen molar-refractivity contribution >= 4 is 5.91 Å². The maximum atomic E-state index is 13.5. The van der Waals surface area contributed by atoms with Crippen LogP contribution < -0.4 is 5.73 Å². The first-order valence-electron chi connectivity index (χ1n) is 5.99.